The lowest BCUT2D eigenvalue weighted by molar-refractivity contribution is 0.102. The molecule has 0 spiro atoms. The van der Waals surface area contributed by atoms with Crippen molar-refractivity contribution in [1.82, 2.24) is 0 Å². The molecular weight excluding hydrogens is 372 g/mol. The summed E-state index contributed by atoms with van der Waals surface area (Å²) in [7, 11) is 0. The number of benzene rings is 2. The van der Waals surface area contributed by atoms with Crippen LogP contribution < -0.4 is 5.32 Å². The second-order valence-electron chi connectivity index (χ2n) is 3.68. The Kier molecular flexibility index (Phi) is 4.74. The SMILES string of the molecule is O=C(Nc1ccc(Cl)c(Br)c1)c1cccc(Cl)c1Cl. The summed E-state index contributed by atoms with van der Waals surface area (Å²) in [4.78, 5) is 12.1. The summed E-state index contributed by atoms with van der Waals surface area (Å²) in [5, 5.41) is 3.86. The molecule has 6 heteroatoms. The van der Waals surface area contributed by atoms with E-state index in [1.165, 1.54) is 0 Å². The zero-order chi connectivity index (χ0) is 14.0. The van der Waals surface area contributed by atoms with Crippen LogP contribution in [0.3, 0.4) is 0 Å². The molecule has 0 saturated carbocycles. The molecule has 0 heterocycles. The zero-order valence-electron chi connectivity index (χ0n) is 9.38. The lowest BCUT2D eigenvalue weighted by Crippen LogP contribution is -2.12. The van der Waals surface area contributed by atoms with Gasteiger partial charge in [-0.25, -0.2) is 0 Å². The maximum absolute atomic E-state index is 12.1. The molecule has 0 saturated heterocycles. The van der Waals surface area contributed by atoms with Crippen molar-refractivity contribution in [3.63, 3.8) is 0 Å². The van der Waals surface area contributed by atoms with Gasteiger partial charge in [0.25, 0.3) is 5.91 Å². The molecule has 0 aliphatic carbocycles. The van der Waals surface area contributed by atoms with Gasteiger partial charge >= 0.3 is 0 Å². The Hall–Kier alpha value is -0.740. The molecule has 0 bridgehead atoms. The summed E-state index contributed by atoms with van der Waals surface area (Å²) in [6.07, 6.45) is 0. The Labute approximate surface area is 133 Å². The fraction of sp³-hybridized carbons (Fsp3) is 0. The molecule has 2 aromatic rings. The van der Waals surface area contributed by atoms with Gasteiger partial charge in [-0.3, -0.25) is 4.79 Å². The summed E-state index contributed by atoms with van der Waals surface area (Å²) in [6, 6.07) is 9.98. The first-order chi connectivity index (χ1) is 8.99. The average Bonchev–Trinajstić information content (AvgIpc) is 2.37. The number of rotatable bonds is 2. The van der Waals surface area contributed by atoms with Gasteiger partial charge in [0, 0.05) is 10.2 Å². The number of amides is 1. The molecule has 1 N–H and O–H groups in total. The molecule has 0 radical (unpaired) electrons. The van der Waals surface area contributed by atoms with Crippen LogP contribution in [0.1, 0.15) is 10.4 Å². The van der Waals surface area contributed by atoms with Crippen molar-refractivity contribution >= 4 is 62.3 Å². The van der Waals surface area contributed by atoms with Crippen molar-refractivity contribution < 1.29 is 4.79 Å². The molecule has 0 aromatic heterocycles. The standard InChI is InChI=1S/C13H7BrCl3NO/c14-9-6-7(4-5-10(9)15)18-13(19)8-2-1-3-11(16)12(8)17/h1-6H,(H,18,19). The van der Waals surface area contributed by atoms with Crippen LogP contribution in [-0.4, -0.2) is 5.91 Å². The minimum atomic E-state index is -0.332. The number of anilines is 1. The van der Waals surface area contributed by atoms with E-state index in [1.807, 2.05) is 0 Å². The van der Waals surface area contributed by atoms with Gasteiger partial charge in [0.1, 0.15) is 0 Å². The normalized spacial score (nSPS) is 10.3. The maximum Gasteiger partial charge on any atom is 0.257 e. The van der Waals surface area contributed by atoms with E-state index in [2.05, 4.69) is 21.2 Å². The molecule has 1 amide bonds. The largest absolute Gasteiger partial charge is 0.322 e. The summed E-state index contributed by atoms with van der Waals surface area (Å²) in [5.74, 6) is -0.332. The maximum atomic E-state index is 12.1. The van der Waals surface area contributed by atoms with Crippen molar-refractivity contribution in [3.05, 3.63) is 61.5 Å². The number of carbonyl (C=O) groups is 1. The zero-order valence-corrected chi connectivity index (χ0v) is 13.2. The van der Waals surface area contributed by atoms with Gasteiger partial charge in [0.05, 0.1) is 20.6 Å². The van der Waals surface area contributed by atoms with E-state index in [0.717, 1.165) is 0 Å². The first-order valence-corrected chi connectivity index (χ1v) is 7.12. The quantitative estimate of drug-likeness (QED) is 0.716. The van der Waals surface area contributed by atoms with Gasteiger partial charge < -0.3 is 5.32 Å². The van der Waals surface area contributed by atoms with Crippen LogP contribution in [0, 0.1) is 0 Å². The third kappa shape index (κ3) is 3.42. The van der Waals surface area contributed by atoms with E-state index in [9.17, 15) is 4.79 Å². The third-order valence-corrected chi connectivity index (χ3v) is 4.41. The second-order valence-corrected chi connectivity index (χ2v) is 5.73. The van der Waals surface area contributed by atoms with Crippen molar-refractivity contribution in [2.75, 3.05) is 5.32 Å². The molecule has 19 heavy (non-hydrogen) atoms. The number of hydrogen-bond acceptors (Lipinski definition) is 1. The number of carbonyl (C=O) groups excluding carboxylic acids is 1. The van der Waals surface area contributed by atoms with Crippen molar-refractivity contribution in [1.29, 1.82) is 0 Å². The highest BCUT2D eigenvalue weighted by molar-refractivity contribution is 9.10. The van der Waals surface area contributed by atoms with E-state index in [-0.39, 0.29) is 10.9 Å². The molecule has 2 nitrogen and oxygen atoms in total. The summed E-state index contributed by atoms with van der Waals surface area (Å²) in [6.45, 7) is 0. The van der Waals surface area contributed by atoms with Crippen LogP contribution in [-0.2, 0) is 0 Å². The molecule has 0 fully saturated rings. The van der Waals surface area contributed by atoms with Crippen LogP contribution in [0.25, 0.3) is 0 Å². The van der Waals surface area contributed by atoms with Crippen LogP contribution in [0.2, 0.25) is 15.1 Å². The minimum absolute atomic E-state index is 0.231. The Morgan fingerprint density at radius 1 is 1.05 bits per heavy atom. The molecule has 2 aromatic carbocycles. The van der Waals surface area contributed by atoms with Gasteiger partial charge in [0.15, 0.2) is 0 Å². The minimum Gasteiger partial charge on any atom is -0.322 e. The van der Waals surface area contributed by atoms with E-state index in [0.29, 0.717) is 25.8 Å². The first kappa shape index (κ1) is 14.7. The monoisotopic (exact) mass is 377 g/mol. The molecular formula is C13H7BrCl3NO. The molecule has 0 aliphatic heterocycles. The first-order valence-electron chi connectivity index (χ1n) is 5.19. The highest BCUT2D eigenvalue weighted by Crippen LogP contribution is 2.28. The summed E-state index contributed by atoms with van der Waals surface area (Å²) >= 11 is 21.0. The fourth-order valence-corrected chi connectivity index (χ4v) is 2.33. The Morgan fingerprint density at radius 2 is 1.79 bits per heavy atom. The average molecular weight is 379 g/mol. The number of hydrogen-bond donors (Lipinski definition) is 1. The number of halogens is 4. The van der Waals surface area contributed by atoms with Crippen molar-refractivity contribution in [2.24, 2.45) is 0 Å². The summed E-state index contributed by atoms with van der Waals surface area (Å²) in [5.41, 5.74) is 0.928. The van der Waals surface area contributed by atoms with E-state index in [4.69, 9.17) is 34.8 Å². The van der Waals surface area contributed by atoms with E-state index >= 15 is 0 Å². The molecule has 0 aliphatic rings. The van der Waals surface area contributed by atoms with Crippen LogP contribution in [0.5, 0.6) is 0 Å². The predicted molar refractivity (Wildman–Crippen MR) is 83.6 cm³/mol. The molecule has 0 atom stereocenters. The summed E-state index contributed by atoms with van der Waals surface area (Å²) < 4.78 is 0.698. The van der Waals surface area contributed by atoms with Crippen LogP contribution in [0.15, 0.2) is 40.9 Å². The van der Waals surface area contributed by atoms with Crippen molar-refractivity contribution in [2.45, 2.75) is 0 Å². The lowest BCUT2D eigenvalue weighted by Gasteiger charge is -2.08. The fourth-order valence-electron chi connectivity index (χ4n) is 1.45. The van der Waals surface area contributed by atoms with Gasteiger partial charge in [-0.2, -0.15) is 0 Å². The van der Waals surface area contributed by atoms with Crippen LogP contribution in [0.4, 0.5) is 5.69 Å². The molecule has 98 valence electrons. The smallest absolute Gasteiger partial charge is 0.257 e. The van der Waals surface area contributed by atoms with Crippen LogP contribution >= 0.6 is 50.7 Å². The van der Waals surface area contributed by atoms with Crippen molar-refractivity contribution in [3.8, 4) is 0 Å². The Bertz CT molecular complexity index is 646. The number of nitrogens with one attached hydrogen (secondary N) is 1. The highest BCUT2D eigenvalue weighted by atomic mass is 79.9. The third-order valence-electron chi connectivity index (χ3n) is 2.37. The topological polar surface area (TPSA) is 29.1 Å². The van der Waals surface area contributed by atoms with Gasteiger partial charge in [-0.1, -0.05) is 40.9 Å². The predicted octanol–water partition coefficient (Wildman–Crippen LogP) is 5.66. The second kappa shape index (κ2) is 6.14. The van der Waals surface area contributed by atoms with E-state index in [1.54, 1.807) is 36.4 Å². The van der Waals surface area contributed by atoms with E-state index < -0.39 is 0 Å². The molecule has 0 unspecified atom stereocenters. The van der Waals surface area contributed by atoms with Gasteiger partial charge in [-0.15, -0.1) is 0 Å². The van der Waals surface area contributed by atoms with Gasteiger partial charge in [-0.05, 0) is 46.3 Å². The lowest BCUT2D eigenvalue weighted by atomic mass is 10.2. The Balaban J connectivity index is 2.26. The molecule has 2 rings (SSSR count). The van der Waals surface area contributed by atoms with Gasteiger partial charge in [0.2, 0.25) is 0 Å². The Morgan fingerprint density at radius 3 is 2.47 bits per heavy atom. The highest BCUT2D eigenvalue weighted by Gasteiger charge is 2.13.